The Labute approximate surface area is 220 Å². The summed E-state index contributed by atoms with van der Waals surface area (Å²) in [5.41, 5.74) is 3.81. The smallest absolute Gasteiger partial charge is 0.358 e. The molecule has 0 spiro atoms. The van der Waals surface area contributed by atoms with Crippen molar-refractivity contribution >= 4 is 33.3 Å². The zero-order valence-electron chi connectivity index (χ0n) is 21.0. The number of hydrogen-bond acceptors (Lipinski definition) is 7. The topological polar surface area (TPSA) is 86.2 Å². The second-order valence-corrected chi connectivity index (χ2v) is 10.9. The number of carbonyl (C=O) groups is 1. The molecule has 200 valence electrons. The number of nitrogens with zero attached hydrogens (tertiary/aromatic N) is 7. The van der Waals surface area contributed by atoms with Crippen molar-refractivity contribution in [2.24, 2.45) is 0 Å². The van der Waals surface area contributed by atoms with Crippen molar-refractivity contribution in [3.63, 3.8) is 0 Å². The number of imidazole rings is 1. The summed E-state index contributed by atoms with van der Waals surface area (Å²) in [6.45, 7) is 5.00. The lowest BCUT2D eigenvalue weighted by atomic mass is 10.1. The second-order valence-electron chi connectivity index (χ2n) is 9.92. The van der Waals surface area contributed by atoms with Crippen LogP contribution in [0.4, 0.5) is 18.2 Å². The number of benzene rings is 1. The number of anilines is 1. The Balaban J connectivity index is 1.22. The van der Waals surface area contributed by atoms with Crippen molar-refractivity contribution in [1.82, 2.24) is 34.5 Å². The van der Waals surface area contributed by atoms with Crippen LogP contribution in [-0.4, -0.2) is 79.7 Å². The SMILES string of the molecule is CC1CN(c2sc(C(F)(F)F)nc2-c2nc3ccccc3[nH]2)CCN1C(=O)Cn1ncc2c1CCN(C)C2. The standard InChI is InChI=1S/C25H27F3N8OS/c1-15-12-34(9-10-35(15)20(37)14-36-19-7-8-33(2)13-16(19)11-29-36)23-21(32-24(38-23)25(26,27)28)22-30-17-5-3-4-6-18(17)31-22/h3-6,11,15H,7-10,12-14H2,1-2H3,(H,30,31). The number of nitrogens with one attached hydrogen (secondary N) is 1. The molecule has 1 amide bonds. The monoisotopic (exact) mass is 544 g/mol. The summed E-state index contributed by atoms with van der Waals surface area (Å²) in [5, 5.41) is 3.94. The van der Waals surface area contributed by atoms with Gasteiger partial charge in [-0.1, -0.05) is 23.5 Å². The molecule has 1 unspecified atom stereocenters. The first kappa shape index (κ1) is 24.9. The van der Waals surface area contributed by atoms with Crippen molar-refractivity contribution in [1.29, 1.82) is 0 Å². The number of amides is 1. The molecule has 9 nitrogen and oxygen atoms in total. The van der Waals surface area contributed by atoms with E-state index in [0.717, 1.165) is 36.3 Å². The molecule has 0 bridgehead atoms. The molecule has 3 aromatic heterocycles. The van der Waals surface area contributed by atoms with E-state index in [2.05, 4.69) is 32.0 Å². The lowest BCUT2D eigenvalue weighted by Gasteiger charge is -2.40. The van der Waals surface area contributed by atoms with E-state index in [9.17, 15) is 18.0 Å². The molecule has 0 aliphatic carbocycles. The lowest BCUT2D eigenvalue weighted by molar-refractivity contribution is -0.137. The first-order valence-electron chi connectivity index (χ1n) is 12.5. The van der Waals surface area contributed by atoms with E-state index in [-0.39, 0.29) is 24.2 Å². The summed E-state index contributed by atoms with van der Waals surface area (Å²) in [6.07, 6.45) is -1.88. The van der Waals surface area contributed by atoms with Gasteiger partial charge in [0.2, 0.25) is 10.9 Å². The normalized spacial score (nSPS) is 18.8. The number of carbonyl (C=O) groups excluding carboxylic acids is 1. The molecule has 5 heterocycles. The van der Waals surface area contributed by atoms with Crippen LogP contribution in [0.5, 0.6) is 0 Å². The van der Waals surface area contributed by atoms with E-state index in [1.54, 1.807) is 15.6 Å². The van der Waals surface area contributed by atoms with Crippen molar-refractivity contribution in [2.75, 3.05) is 38.1 Å². The first-order valence-corrected chi connectivity index (χ1v) is 13.3. The van der Waals surface area contributed by atoms with Gasteiger partial charge in [0.1, 0.15) is 17.2 Å². The van der Waals surface area contributed by atoms with Crippen molar-refractivity contribution in [3.8, 4) is 11.5 Å². The van der Waals surface area contributed by atoms with Crippen LogP contribution >= 0.6 is 11.3 Å². The van der Waals surface area contributed by atoms with Crippen LogP contribution < -0.4 is 4.90 Å². The van der Waals surface area contributed by atoms with Gasteiger partial charge in [-0.25, -0.2) is 9.97 Å². The third-order valence-electron chi connectivity index (χ3n) is 7.19. The number of rotatable bonds is 4. The third-order valence-corrected chi connectivity index (χ3v) is 8.35. The number of alkyl halides is 3. The Bertz CT molecular complexity index is 1460. The van der Waals surface area contributed by atoms with Crippen molar-refractivity contribution in [3.05, 3.63) is 46.7 Å². The molecule has 0 saturated carbocycles. The fraction of sp³-hybridized carbons (Fsp3) is 0.440. The molecule has 2 aliphatic heterocycles. The van der Waals surface area contributed by atoms with Crippen LogP contribution in [0.2, 0.25) is 0 Å². The van der Waals surface area contributed by atoms with E-state index >= 15 is 0 Å². The maximum atomic E-state index is 13.7. The van der Waals surface area contributed by atoms with Gasteiger partial charge in [-0.3, -0.25) is 9.48 Å². The average Bonchev–Trinajstić information content (AvgIpc) is 3.60. The Morgan fingerprint density at radius 3 is 2.76 bits per heavy atom. The van der Waals surface area contributed by atoms with Gasteiger partial charge >= 0.3 is 6.18 Å². The predicted molar refractivity (Wildman–Crippen MR) is 138 cm³/mol. The van der Waals surface area contributed by atoms with Gasteiger partial charge < -0.3 is 19.7 Å². The summed E-state index contributed by atoms with van der Waals surface area (Å²) in [7, 11) is 2.06. The number of hydrogen-bond donors (Lipinski definition) is 1. The van der Waals surface area contributed by atoms with Gasteiger partial charge in [0.05, 0.1) is 17.2 Å². The number of H-pyrrole nitrogens is 1. The van der Waals surface area contributed by atoms with E-state index in [1.807, 2.05) is 36.2 Å². The average molecular weight is 545 g/mol. The minimum Gasteiger partial charge on any atom is -0.358 e. The molecule has 1 N–H and O–H groups in total. The van der Waals surface area contributed by atoms with Crippen molar-refractivity contribution in [2.45, 2.75) is 38.7 Å². The molecule has 1 atom stereocenters. The Hall–Kier alpha value is -3.45. The minimum absolute atomic E-state index is 0.0419. The number of fused-ring (bicyclic) bond motifs is 2. The predicted octanol–water partition coefficient (Wildman–Crippen LogP) is 3.63. The summed E-state index contributed by atoms with van der Waals surface area (Å²) in [6, 6.07) is 7.08. The Morgan fingerprint density at radius 1 is 1.18 bits per heavy atom. The first-order chi connectivity index (χ1) is 18.2. The highest BCUT2D eigenvalue weighted by Crippen LogP contribution is 2.42. The summed E-state index contributed by atoms with van der Waals surface area (Å²) >= 11 is 0.617. The van der Waals surface area contributed by atoms with Crippen LogP contribution in [0.15, 0.2) is 30.5 Å². The number of aromatic nitrogens is 5. The van der Waals surface area contributed by atoms with Crippen LogP contribution in [0.25, 0.3) is 22.6 Å². The fourth-order valence-electron chi connectivity index (χ4n) is 5.27. The molecule has 1 aromatic carbocycles. The molecule has 6 rings (SSSR count). The molecular weight excluding hydrogens is 517 g/mol. The van der Waals surface area contributed by atoms with Crippen LogP contribution in [0.1, 0.15) is 23.2 Å². The molecule has 4 aromatic rings. The van der Waals surface area contributed by atoms with Crippen LogP contribution in [0, 0.1) is 0 Å². The van der Waals surface area contributed by atoms with E-state index in [1.165, 1.54) is 0 Å². The van der Waals surface area contributed by atoms with Crippen LogP contribution in [-0.2, 0) is 30.5 Å². The third kappa shape index (κ3) is 4.53. The quantitative estimate of drug-likeness (QED) is 0.423. The minimum atomic E-state index is -4.56. The van der Waals surface area contributed by atoms with Crippen LogP contribution in [0.3, 0.4) is 0 Å². The lowest BCUT2D eigenvalue weighted by Crippen LogP contribution is -2.54. The molecular formula is C25H27F3N8OS. The van der Waals surface area contributed by atoms with Gasteiger partial charge in [-0.2, -0.15) is 18.3 Å². The van der Waals surface area contributed by atoms with Crippen molar-refractivity contribution < 1.29 is 18.0 Å². The number of para-hydroxylation sites is 2. The largest absolute Gasteiger partial charge is 0.443 e. The Kier molecular flexibility index (Phi) is 6.14. The van der Waals surface area contributed by atoms with Gasteiger partial charge in [0, 0.05) is 56.4 Å². The number of halogens is 3. The van der Waals surface area contributed by atoms with Gasteiger partial charge in [-0.15, -0.1) is 0 Å². The highest BCUT2D eigenvalue weighted by molar-refractivity contribution is 7.16. The summed E-state index contributed by atoms with van der Waals surface area (Å²) in [5.74, 6) is 0.257. The molecule has 1 saturated heterocycles. The maximum Gasteiger partial charge on any atom is 0.443 e. The summed E-state index contributed by atoms with van der Waals surface area (Å²) in [4.78, 5) is 30.7. The van der Waals surface area contributed by atoms with E-state index < -0.39 is 11.2 Å². The molecule has 0 radical (unpaired) electrons. The van der Waals surface area contributed by atoms with E-state index in [4.69, 9.17) is 0 Å². The maximum absolute atomic E-state index is 13.7. The van der Waals surface area contributed by atoms with Gasteiger partial charge in [0.15, 0.2) is 5.82 Å². The molecule has 1 fully saturated rings. The number of thiazole rings is 1. The zero-order valence-corrected chi connectivity index (χ0v) is 21.8. The van der Waals surface area contributed by atoms with E-state index in [0.29, 0.717) is 47.3 Å². The highest BCUT2D eigenvalue weighted by atomic mass is 32.1. The number of aromatic amines is 1. The number of likely N-dealkylation sites (N-methyl/N-ethyl adjacent to an activating group) is 1. The molecule has 38 heavy (non-hydrogen) atoms. The van der Waals surface area contributed by atoms with Gasteiger partial charge in [-0.05, 0) is 26.1 Å². The second kappa shape index (κ2) is 9.38. The molecule has 2 aliphatic rings. The van der Waals surface area contributed by atoms with Gasteiger partial charge in [0.25, 0.3) is 0 Å². The Morgan fingerprint density at radius 2 is 2.00 bits per heavy atom. The zero-order chi connectivity index (χ0) is 26.6. The highest BCUT2D eigenvalue weighted by Gasteiger charge is 2.39. The summed E-state index contributed by atoms with van der Waals surface area (Å²) < 4.78 is 42.8. The number of piperazine rings is 1. The fourth-order valence-corrected chi connectivity index (χ4v) is 6.24. The molecule has 13 heteroatoms.